The van der Waals surface area contributed by atoms with Gasteiger partial charge in [-0.3, -0.25) is 0 Å². The molecule has 1 aromatic carbocycles. The van der Waals surface area contributed by atoms with Crippen molar-refractivity contribution in [3.63, 3.8) is 0 Å². The van der Waals surface area contributed by atoms with Gasteiger partial charge in [-0.1, -0.05) is 0 Å². The zero-order chi connectivity index (χ0) is 16.6. The molecule has 23 heavy (non-hydrogen) atoms. The van der Waals surface area contributed by atoms with Crippen LogP contribution >= 0.6 is 0 Å². The minimum absolute atomic E-state index is 0.0433. The molecule has 0 spiro atoms. The van der Waals surface area contributed by atoms with E-state index in [0.29, 0.717) is 31.2 Å². The van der Waals surface area contributed by atoms with Crippen LogP contribution in [0.3, 0.4) is 0 Å². The quantitative estimate of drug-likeness (QED) is 0.778. The summed E-state index contributed by atoms with van der Waals surface area (Å²) in [7, 11) is 0. The van der Waals surface area contributed by atoms with Crippen molar-refractivity contribution in [2.24, 2.45) is 0 Å². The Labute approximate surface area is 129 Å². The van der Waals surface area contributed by atoms with Gasteiger partial charge in [-0.2, -0.15) is 13.2 Å². The Kier molecular flexibility index (Phi) is 3.85. The van der Waals surface area contributed by atoms with Crippen LogP contribution in [0.2, 0.25) is 0 Å². The summed E-state index contributed by atoms with van der Waals surface area (Å²) in [6, 6.07) is 3.29. The lowest BCUT2D eigenvalue weighted by molar-refractivity contribution is -0.137. The molecule has 0 saturated carbocycles. The van der Waals surface area contributed by atoms with E-state index in [2.05, 4.69) is 10.2 Å². The fourth-order valence-corrected chi connectivity index (χ4v) is 2.63. The van der Waals surface area contributed by atoms with Gasteiger partial charge in [0, 0.05) is 12.2 Å². The largest absolute Gasteiger partial charge is 0.507 e. The average Bonchev–Trinajstić information content (AvgIpc) is 2.54. The first-order valence-corrected chi connectivity index (χ1v) is 6.99. The predicted octanol–water partition coefficient (Wildman–Crippen LogP) is 2.91. The van der Waals surface area contributed by atoms with Gasteiger partial charge in [0.15, 0.2) is 0 Å². The number of ether oxygens (including phenoxy) is 1. The summed E-state index contributed by atoms with van der Waals surface area (Å²) in [5, 5.41) is 17.9. The van der Waals surface area contributed by atoms with E-state index in [-0.39, 0.29) is 23.6 Å². The first kappa shape index (κ1) is 15.5. The Morgan fingerprint density at radius 2 is 1.91 bits per heavy atom. The number of phenolic OH excluding ortho intramolecular Hbond substituents is 1. The molecule has 3 rings (SSSR count). The number of hydrogen-bond donors (Lipinski definition) is 2. The third kappa shape index (κ3) is 3.07. The molecule has 0 aliphatic carbocycles. The Hall–Kier alpha value is -2.35. The van der Waals surface area contributed by atoms with Gasteiger partial charge in [0.1, 0.15) is 17.3 Å². The molecule has 1 aliphatic heterocycles. The van der Waals surface area contributed by atoms with Crippen LogP contribution in [0.5, 0.6) is 5.75 Å². The number of benzene rings is 1. The Morgan fingerprint density at radius 3 is 2.65 bits per heavy atom. The van der Waals surface area contributed by atoms with Gasteiger partial charge >= 0.3 is 6.18 Å². The highest BCUT2D eigenvalue weighted by atomic mass is 19.4. The minimum Gasteiger partial charge on any atom is -0.507 e. The van der Waals surface area contributed by atoms with Crippen molar-refractivity contribution in [3.8, 4) is 17.0 Å². The molecule has 0 radical (unpaired) electrons. The van der Waals surface area contributed by atoms with Gasteiger partial charge in [-0.25, -0.2) is 0 Å². The van der Waals surface area contributed by atoms with Crippen LogP contribution in [-0.4, -0.2) is 21.9 Å². The normalized spacial score (nSPS) is 15.1. The van der Waals surface area contributed by atoms with Crippen molar-refractivity contribution >= 4 is 5.82 Å². The number of phenols is 1. The molecule has 0 saturated heterocycles. The Morgan fingerprint density at radius 1 is 1.13 bits per heavy atom. The number of alkyl halides is 3. The summed E-state index contributed by atoms with van der Waals surface area (Å²) in [5.74, 6) is -0.280. The third-order valence-corrected chi connectivity index (χ3v) is 3.65. The van der Waals surface area contributed by atoms with E-state index >= 15 is 0 Å². The summed E-state index contributed by atoms with van der Waals surface area (Å²) in [5.41, 5.74) is 6.20. The maximum atomic E-state index is 13.0. The first-order valence-electron chi connectivity index (χ1n) is 6.99. The predicted molar refractivity (Wildman–Crippen MR) is 76.5 cm³/mol. The molecular weight excluding hydrogens is 311 g/mol. The summed E-state index contributed by atoms with van der Waals surface area (Å²) >= 11 is 0. The number of aryl methyl sites for hydroxylation is 1. The third-order valence-electron chi connectivity index (χ3n) is 3.65. The number of halogens is 3. The van der Waals surface area contributed by atoms with Crippen molar-refractivity contribution < 1.29 is 23.0 Å². The van der Waals surface area contributed by atoms with E-state index in [1.165, 1.54) is 0 Å². The van der Waals surface area contributed by atoms with Crippen molar-refractivity contribution in [1.29, 1.82) is 0 Å². The molecule has 0 amide bonds. The zero-order valence-corrected chi connectivity index (χ0v) is 12.0. The lowest BCUT2D eigenvalue weighted by atomic mass is 9.96. The van der Waals surface area contributed by atoms with Crippen molar-refractivity contribution in [2.45, 2.75) is 25.6 Å². The molecule has 8 heteroatoms. The van der Waals surface area contributed by atoms with Gasteiger partial charge in [-0.05, 0) is 42.2 Å². The molecular formula is C15H14F3N3O2. The van der Waals surface area contributed by atoms with Gasteiger partial charge in [0.2, 0.25) is 0 Å². The molecule has 2 aromatic rings. The van der Waals surface area contributed by atoms with Crippen molar-refractivity contribution in [2.75, 3.05) is 12.3 Å². The summed E-state index contributed by atoms with van der Waals surface area (Å²) < 4.78 is 44.3. The van der Waals surface area contributed by atoms with Gasteiger partial charge in [-0.15, -0.1) is 10.2 Å². The number of aromatic nitrogens is 2. The second-order valence-electron chi connectivity index (χ2n) is 5.33. The van der Waals surface area contributed by atoms with E-state index in [4.69, 9.17) is 10.5 Å². The van der Waals surface area contributed by atoms with Gasteiger partial charge in [0.25, 0.3) is 0 Å². The van der Waals surface area contributed by atoms with Gasteiger partial charge < -0.3 is 15.6 Å². The zero-order valence-electron chi connectivity index (χ0n) is 12.0. The van der Waals surface area contributed by atoms with Crippen LogP contribution in [-0.2, 0) is 23.9 Å². The molecule has 0 atom stereocenters. The molecule has 1 aromatic heterocycles. The number of rotatable bonds is 0. The first-order chi connectivity index (χ1) is 10.9. The number of nitrogens with two attached hydrogens (primary N) is 1. The smallest absolute Gasteiger partial charge is 0.416 e. The van der Waals surface area contributed by atoms with Crippen molar-refractivity contribution in [1.82, 2.24) is 10.2 Å². The molecule has 0 unspecified atom stereocenters. The molecule has 3 N–H and O–H groups in total. The Balaban J connectivity index is 2.24. The van der Waals surface area contributed by atoms with Gasteiger partial charge in [0.05, 0.1) is 12.2 Å². The maximum absolute atomic E-state index is 13.0. The number of anilines is 1. The van der Waals surface area contributed by atoms with Crippen LogP contribution in [0.1, 0.15) is 23.1 Å². The molecule has 0 bridgehead atoms. The van der Waals surface area contributed by atoms with Crippen LogP contribution in [0, 0.1) is 0 Å². The van der Waals surface area contributed by atoms with E-state index in [1.807, 2.05) is 0 Å². The highest BCUT2D eigenvalue weighted by Crippen LogP contribution is 2.40. The summed E-state index contributed by atoms with van der Waals surface area (Å²) in [6.07, 6.45) is -3.31. The fourth-order valence-electron chi connectivity index (χ4n) is 2.63. The maximum Gasteiger partial charge on any atom is 0.416 e. The average molecular weight is 325 g/mol. The van der Waals surface area contributed by atoms with Crippen molar-refractivity contribution in [3.05, 3.63) is 34.9 Å². The summed E-state index contributed by atoms with van der Waals surface area (Å²) in [4.78, 5) is 0. The Bertz CT molecular complexity index is 747. The van der Waals surface area contributed by atoms with Crippen LogP contribution in [0.15, 0.2) is 18.2 Å². The van der Waals surface area contributed by atoms with Crippen LogP contribution < -0.4 is 5.73 Å². The number of nitrogen functional groups attached to an aromatic ring is 1. The molecule has 5 nitrogen and oxygen atoms in total. The van der Waals surface area contributed by atoms with E-state index in [0.717, 1.165) is 11.6 Å². The van der Waals surface area contributed by atoms with E-state index < -0.39 is 17.5 Å². The second kappa shape index (κ2) is 5.69. The molecule has 1 aliphatic rings. The number of aromatic hydroxyl groups is 1. The number of hydrogen-bond acceptors (Lipinski definition) is 5. The summed E-state index contributed by atoms with van der Waals surface area (Å²) in [6.45, 7) is 0.344. The fraction of sp³-hybridized carbons (Fsp3) is 0.333. The standard InChI is InChI=1S/C15H14F3N3O2/c16-15(17,18)10-4-9-7-23-3-1-2-8-5-12(19)20-21-14(8)13(9)11(22)6-10/h4-6,22H,1-3,7H2,(H2,19,20). The topological polar surface area (TPSA) is 81.3 Å². The molecule has 0 fully saturated rings. The van der Waals surface area contributed by atoms with Crippen LogP contribution in [0.4, 0.5) is 19.0 Å². The van der Waals surface area contributed by atoms with Crippen LogP contribution in [0.25, 0.3) is 11.3 Å². The lowest BCUT2D eigenvalue weighted by Crippen LogP contribution is -2.08. The minimum atomic E-state index is -4.55. The highest BCUT2D eigenvalue weighted by molar-refractivity contribution is 5.74. The molecule has 2 heterocycles. The highest BCUT2D eigenvalue weighted by Gasteiger charge is 2.33. The second-order valence-corrected chi connectivity index (χ2v) is 5.33. The lowest BCUT2D eigenvalue weighted by Gasteiger charge is -2.16. The van der Waals surface area contributed by atoms with E-state index in [1.54, 1.807) is 6.07 Å². The number of nitrogens with zero attached hydrogens (tertiary/aromatic N) is 2. The van der Waals surface area contributed by atoms with E-state index in [9.17, 15) is 18.3 Å². The molecule has 122 valence electrons. The monoisotopic (exact) mass is 325 g/mol. The number of fused-ring (bicyclic) bond motifs is 3. The SMILES string of the molecule is Nc1cc2c(nn1)-c1c(O)cc(C(F)(F)F)cc1COCCC2.